The minimum atomic E-state index is 0.343. The van der Waals surface area contributed by atoms with Gasteiger partial charge in [0.2, 0.25) is 0 Å². The van der Waals surface area contributed by atoms with Crippen molar-refractivity contribution in [1.82, 2.24) is 5.32 Å². The molecule has 0 aliphatic carbocycles. The molecule has 0 aliphatic rings. The Kier molecular flexibility index (Phi) is 4.93. The summed E-state index contributed by atoms with van der Waals surface area (Å²) in [5.41, 5.74) is 2.56. The van der Waals surface area contributed by atoms with Crippen molar-refractivity contribution in [2.24, 2.45) is 0 Å². The highest BCUT2D eigenvalue weighted by atomic mass is 14.9. The van der Waals surface area contributed by atoms with Gasteiger partial charge in [-0.05, 0) is 25.0 Å². The van der Waals surface area contributed by atoms with Crippen molar-refractivity contribution in [3.05, 3.63) is 77.9 Å². The molecule has 0 aromatic heterocycles. The third-order valence-corrected chi connectivity index (χ3v) is 3.19. The molecule has 1 N–H and O–H groups in total. The van der Waals surface area contributed by atoms with Crippen molar-refractivity contribution in [1.29, 1.82) is 0 Å². The zero-order valence-electron chi connectivity index (χ0n) is 11.6. The summed E-state index contributed by atoms with van der Waals surface area (Å²) in [5.74, 6) is 0. The van der Waals surface area contributed by atoms with Crippen LogP contribution in [0.2, 0.25) is 0 Å². The van der Waals surface area contributed by atoms with E-state index in [0.717, 1.165) is 0 Å². The summed E-state index contributed by atoms with van der Waals surface area (Å²) in [6.07, 6.45) is 4.37. The third-order valence-electron chi connectivity index (χ3n) is 3.19. The maximum Gasteiger partial charge on any atom is 0.0297 e. The molecule has 0 radical (unpaired) electrons. The summed E-state index contributed by atoms with van der Waals surface area (Å²) in [7, 11) is 0. The summed E-state index contributed by atoms with van der Waals surface area (Å²) in [5, 5.41) is 3.58. The van der Waals surface area contributed by atoms with Crippen molar-refractivity contribution < 1.29 is 0 Å². The van der Waals surface area contributed by atoms with Crippen LogP contribution in [-0.4, -0.2) is 6.04 Å². The summed E-state index contributed by atoms with van der Waals surface area (Å²) in [6, 6.07) is 21.6. The van der Waals surface area contributed by atoms with Gasteiger partial charge in [0.25, 0.3) is 0 Å². The van der Waals surface area contributed by atoms with E-state index in [1.807, 2.05) is 6.07 Å². The first-order chi connectivity index (χ1) is 9.25. The first kappa shape index (κ1) is 13.6. The highest BCUT2D eigenvalue weighted by Gasteiger charge is 2.06. The molecule has 0 saturated heterocycles. The van der Waals surface area contributed by atoms with Crippen LogP contribution in [0.3, 0.4) is 0 Å². The number of hydrogen-bond acceptors (Lipinski definition) is 1. The molecule has 1 unspecified atom stereocenters. The van der Waals surface area contributed by atoms with Crippen LogP contribution in [-0.2, 0) is 0 Å². The zero-order chi connectivity index (χ0) is 13.5. The number of hydrogen-bond donors (Lipinski definition) is 1. The normalized spacial score (nSPS) is 14.4. The van der Waals surface area contributed by atoms with E-state index in [-0.39, 0.29) is 0 Å². The van der Waals surface area contributed by atoms with Crippen LogP contribution in [0.4, 0.5) is 0 Å². The summed E-state index contributed by atoms with van der Waals surface area (Å²) < 4.78 is 0. The van der Waals surface area contributed by atoms with Crippen LogP contribution in [0.5, 0.6) is 0 Å². The first-order valence-electron chi connectivity index (χ1n) is 6.80. The van der Waals surface area contributed by atoms with E-state index in [2.05, 4.69) is 85.9 Å². The molecule has 98 valence electrons. The number of rotatable bonds is 5. The van der Waals surface area contributed by atoms with Gasteiger partial charge in [0, 0.05) is 12.1 Å². The third kappa shape index (κ3) is 4.38. The average Bonchev–Trinajstić information content (AvgIpc) is 2.47. The molecule has 0 fully saturated rings. The molecule has 0 heterocycles. The Morgan fingerprint density at radius 1 is 0.842 bits per heavy atom. The molecular weight excluding hydrogens is 230 g/mol. The van der Waals surface area contributed by atoms with Crippen molar-refractivity contribution in [3.63, 3.8) is 0 Å². The lowest BCUT2D eigenvalue weighted by Gasteiger charge is -2.17. The van der Waals surface area contributed by atoms with Gasteiger partial charge in [0.15, 0.2) is 0 Å². The first-order valence-corrected chi connectivity index (χ1v) is 6.80. The van der Waals surface area contributed by atoms with Crippen LogP contribution in [0.25, 0.3) is 6.08 Å². The molecule has 0 spiro atoms. The van der Waals surface area contributed by atoms with Crippen LogP contribution in [0, 0.1) is 0 Å². The lowest BCUT2D eigenvalue weighted by molar-refractivity contribution is 0.537. The maximum absolute atomic E-state index is 3.58. The van der Waals surface area contributed by atoms with E-state index in [1.54, 1.807) is 0 Å². The molecule has 0 aliphatic heterocycles. The van der Waals surface area contributed by atoms with Crippen LogP contribution >= 0.6 is 0 Å². The Labute approximate surface area is 116 Å². The van der Waals surface area contributed by atoms with E-state index in [0.29, 0.717) is 12.1 Å². The molecule has 2 rings (SSSR count). The topological polar surface area (TPSA) is 12.0 Å². The van der Waals surface area contributed by atoms with Gasteiger partial charge in [-0.15, -0.1) is 0 Å². The van der Waals surface area contributed by atoms with E-state index in [9.17, 15) is 0 Å². The lowest BCUT2D eigenvalue weighted by atomic mass is 10.1. The van der Waals surface area contributed by atoms with Gasteiger partial charge in [0.05, 0.1) is 0 Å². The molecule has 2 aromatic rings. The highest BCUT2D eigenvalue weighted by Crippen LogP contribution is 2.12. The average molecular weight is 251 g/mol. The highest BCUT2D eigenvalue weighted by molar-refractivity contribution is 5.49. The largest absolute Gasteiger partial charge is 0.304 e. The second-order valence-corrected chi connectivity index (χ2v) is 4.86. The molecule has 0 saturated carbocycles. The lowest BCUT2D eigenvalue weighted by Crippen LogP contribution is -2.27. The van der Waals surface area contributed by atoms with Gasteiger partial charge >= 0.3 is 0 Å². The van der Waals surface area contributed by atoms with E-state index in [1.165, 1.54) is 11.1 Å². The fraction of sp³-hybridized carbons (Fsp3) is 0.222. The monoisotopic (exact) mass is 251 g/mol. The Bertz CT molecular complexity index is 502. The Morgan fingerprint density at radius 3 is 2.05 bits per heavy atom. The van der Waals surface area contributed by atoms with Gasteiger partial charge in [-0.2, -0.15) is 0 Å². The second-order valence-electron chi connectivity index (χ2n) is 4.86. The predicted octanol–water partition coefficient (Wildman–Crippen LogP) is 4.44. The molecule has 2 aromatic carbocycles. The van der Waals surface area contributed by atoms with Gasteiger partial charge < -0.3 is 5.32 Å². The summed E-state index contributed by atoms with van der Waals surface area (Å²) in [4.78, 5) is 0. The summed E-state index contributed by atoms with van der Waals surface area (Å²) >= 11 is 0. The minimum absolute atomic E-state index is 0.343. The molecule has 0 amide bonds. The van der Waals surface area contributed by atoms with Crippen molar-refractivity contribution in [2.75, 3.05) is 0 Å². The molecule has 19 heavy (non-hydrogen) atoms. The van der Waals surface area contributed by atoms with Crippen LogP contribution in [0.1, 0.15) is 31.0 Å². The molecular formula is C18H21N. The van der Waals surface area contributed by atoms with Crippen LogP contribution in [0.15, 0.2) is 66.7 Å². The number of benzene rings is 2. The van der Waals surface area contributed by atoms with Crippen molar-refractivity contribution in [3.8, 4) is 0 Å². The zero-order valence-corrected chi connectivity index (χ0v) is 11.6. The standard InChI is InChI=1S/C18H21N/c1-15(13-14-17-9-5-3-6-10-17)19-16(2)18-11-7-4-8-12-18/h3-16,19H,1-2H3/b14-13+/t15?,16-/m0/s1. The molecule has 1 heteroatoms. The predicted molar refractivity (Wildman–Crippen MR) is 82.9 cm³/mol. The Morgan fingerprint density at radius 2 is 1.42 bits per heavy atom. The quantitative estimate of drug-likeness (QED) is 0.828. The fourth-order valence-corrected chi connectivity index (χ4v) is 2.11. The smallest absolute Gasteiger partial charge is 0.0297 e. The number of nitrogens with one attached hydrogen (secondary N) is 1. The molecule has 0 bridgehead atoms. The fourth-order valence-electron chi connectivity index (χ4n) is 2.11. The van der Waals surface area contributed by atoms with Gasteiger partial charge in [-0.25, -0.2) is 0 Å². The van der Waals surface area contributed by atoms with Gasteiger partial charge in [-0.3, -0.25) is 0 Å². The molecule has 2 atom stereocenters. The van der Waals surface area contributed by atoms with Crippen LogP contribution < -0.4 is 5.32 Å². The Balaban J connectivity index is 1.91. The minimum Gasteiger partial charge on any atom is -0.304 e. The maximum atomic E-state index is 3.58. The van der Waals surface area contributed by atoms with E-state index < -0.39 is 0 Å². The van der Waals surface area contributed by atoms with Gasteiger partial charge in [0.1, 0.15) is 0 Å². The second kappa shape index (κ2) is 6.91. The van der Waals surface area contributed by atoms with Crippen molar-refractivity contribution in [2.45, 2.75) is 25.9 Å². The summed E-state index contributed by atoms with van der Waals surface area (Å²) in [6.45, 7) is 4.38. The molecule has 1 nitrogen and oxygen atoms in total. The SMILES string of the molecule is CC(/C=C/c1ccccc1)N[C@@H](C)c1ccccc1. The van der Waals surface area contributed by atoms with Crippen molar-refractivity contribution >= 4 is 6.08 Å². The Hall–Kier alpha value is -1.86. The van der Waals surface area contributed by atoms with Gasteiger partial charge in [-0.1, -0.05) is 72.8 Å². The van der Waals surface area contributed by atoms with E-state index in [4.69, 9.17) is 0 Å². The van der Waals surface area contributed by atoms with E-state index >= 15 is 0 Å².